The molecule has 110 valence electrons. The van der Waals surface area contributed by atoms with Crippen molar-refractivity contribution in [2.45, 2.75) is 57.5 Å². The van der Waals surface area contributed by atoms with Crippen LogP contribution in [0.25, 0.3) is 0 Å². The van der Waals surface area contributed by atoms with Crippen LogP contribution in [0.2, 0.25) is 0 Å². The van der Waals surface area contributed by atoms with Crippen molar-refractivity contribution in [2.75, 3.05) is 0 Å². The van der Waals surface area contributed by atoms with E-state index in [0.29, 0.717) is 24.6 Å². The summed E-state index contributed by atoms with van der Waals surface area (Å²) in [6, 6.07) is 3.98. The van der Waals surface area contributed by atoms with Gasteiger partial charge in [0.15, 0.2) is 0 Å². The first kappa shape index (κ1) is 14.6. The van der Waals surface area contributed by atoms with E-state index in [4.69, 9.17) is 0 Å². The fraction of sp³-hybridized carbons (Fsp3) is 0.600. The number of aliphatic carboxylic acids is 1. The van der Waals surface area contributed by atoms with E-state index >= 15 is 0 Å². The largest absolute Gasteiger partial charge is 0.480 e. The van der Waals surface area contributed by atoms with Gasteiger partial charge in [0.2, 0.25) is 0 Å². The van der Waals surface area contributed by atoms with Gasteiger partial charge in [-0.2, -0.15) is 0 Å². The van der Waals surface area contributed by atoms with Crippen LogP contribution in [0.15, 0.2) is 18.3 Å². The maximum absolute atomic E-state index is 12.4. The monoisotopic (exact) mass is 278 g/mol. The van der Waals surface area contributed by atoms with Crippen molar-refractivity contribution in [3.05, 3.63) is 24.0 Å². The molecule has 0 aliphatic heterocycles. The molecule has 5 nitrogen and oxygen atoms in total. The van der Waals surface area contributed by atoms with Gasteiger partial charge < -0.3 is 15.0 Å². The molecule has 1 fully saturated rings. The molecule has 0 atom stereocenters. The van der Waals surface area contributed by atoms with Gasteiger partial charge in [-0.3, -0.25) is 4.79 Å². The van der Waals surface area contributed by atoms with Crippen LogP contribution in [-0.2, 0) is 4.79 Å². The summed E-state index contributed by atoms with van der Waals surface area (Å²) in [5, 5.41) is 12.1. The Bertz CT molecular complexity index is 499. The van der Waals surface area contributed by atoms with Crippen molar-refractivity contribution in [3.8, 4) is 0 Å². The molecule has 0 spiro atoms. The average molecular weight is 278 g/mol. The number of aromatic nitrogens is 1. The van der Waals surface area contributed by atoms with Crippen molar-refractivity contribution >= 4 is 11.9 Å². The molecule has 1 amide bonds. The number of nitrogens with one attached hydrogen (secondary N) is 1. The average Bonchev–Trinajstić information content (AvgIpc) is 2.82. The maximum atomic E-state index is 12.4. The molecule has 1 aliphatic rings. The lowest BCUT2D eigenvalue weighted by Gasteiger charge is -2.31. The summed E-state index contributed by atoms with van der Waals surface area (Å²) < 4.78 is 1.97. The topological polar surface area (TPSA) is 71.3 Å². The molecule has 5 heteroatoms. The zero-order valence-corrected chi connectivity index (χ0v) is 12.1. The number of nitrogens with zero attached hydrogens (tertiary/aromatic N) is 1. The molecule has 1 aromatic heterocycles. The summed E-state index contributed by atoms with van der Waals surface area (Å²) >= 11 is 0. The molecule has 0 bridgehead atoms. The highest BCUT2D eigenvalue weighted by molar-refractivity contribution is 5.96. The number of carbonyl (C=O) groups is 2. The van der Waals surface area contributed by atoms with Crippen LogP contribution in [0.5, 0.6) is 0 Å². The van der Waals surface area contributed by atoms with E-state index in [1.54, 1.807) is 19.9 Å². The second kappa shape index (κ2) is 5.69. The van der Waals surface area contributed by atoms with E-state index in [1.807, 2.05) is 16.8 Å². The maximum Gasteiger partial charge on any atom is 0.329 e. The van der Waals surface area contributed by atoms with Gasteiger partial charge in [0.05, 0.1) is 0 Å². The molecule has 1 aliphatic carbocycles. The third-order valence-corrected chi connectivity index (χ3v) is 4.45. The van der Waals surface area contributed by atoms with E-state index < -0.39 is 11.5 Å². The molecule has 0 radical (unpaired) electrons. The fourth-order valence-corrected chi connectivity index (χ4v) is 2.63. The molecule has 2 N–H and O–H groups in total. The number of hydrogen-bond donors (Lipinski definition) is 2. The van der Waals surface area contributed by atoms with Gasteiger partial charge in [-0.05, 0) is 44.2 Å². The molecule has 1 heterocycles. The Morgan fingerprint density at radius 3 is 2.50 bits per heavy atom. The summed E-state index contributed by atoms with van der Waals surface area (Å²) in [6.45, 7) is 3.56. The highest BCUT2D eigenvalue weighted by Gasteiger charge is 2.37. The zero-order chi connectivity index (χ0) is 14.8. The van der Waals surface area contributed by atoms with Gasteiger partial charge in [0.25, 0.3) is 5.91 Å². The van der Waals surface area contributed by atoms with Crippen LogP contribution in [0, 0.1) is 0 Å². The Hall–Kier alpha value is -1.78. The van der Waals surface area contributed by atoms with Gasteiger partial charge in [-0.1, -0.05) is 13.8 Å². The second-order valence-electron chi connectivity index (χ2n) is 5.43. The summed E-state index contributed by atoms with van der Waals surface area (Å²) in [6.07, 6.45) is 6.00. The normalized spacial score (nSPS) is 15.7. The molecule has 0 saturated heterocycles. The molecule has 0 aromatic carbocycles. The molecule has 1 aromatic rings. The van der Waals surface area contributed by atoms with Crippen molar-refractivity contribution in [1.29, 1.82) is 0 Å². The molecule has 20 heavy (non-hydrogen) atoms. The smallest absolute Gasteiger partial charge is 0.329 e. The summed E-state index contributed by atoms with van der Waals surface area (Å²) in [5.41, 5.74) is -0.617. The van der Waals surface area contributed by atoms with Crippen molar-refractivity contribution in [3.63, 3.8) is 0 Å². The Morgan fingerprint density at radius 1 is 1.40 bits per heavy atom. The van der Waals surface area contributed by atoms with Gasteiger partial charge in [-0.15, -0.1) is 0 Å². The van der Waals surface area contributed by atoms with E-state index in [-0.39, 0.29) is 5.91 Å². The number of hydrogen-bond acceptors (Lipinski definition) is 2. The van der Waals surface area contributed by atoms with Crippen LogP contribution >= 0.6 is 0 Å². The minimum absolute atomic E-state index is 0.298. The Labute approximate surface area is 119 Å². The number of amides is 1. The Morgan fingerprint density at radius 2 is 2.05 bits per heavy atom. The first-order chi connectivity index (χ1) is 9.54. The third kappa shape index (κ3) is 2.44. The highest BCUT2D eigenvalue weighted by atomic mass is 16.4. The van der Waals surface area contributed by atoms with Crippen LogP contribution < -0.4 is 5.32 Å². The molecule has 0 unspecified atom stereocenters. The summed E-state index contributed by atoms with van der Waals surface area (Å²) in [5.74, 6) is -1.27. The summed E-state index contributed by atoms with van der Waals surface area (Å²) in [7, 11) is 0. The van der Waals surface area contributed by atoms with Crippen molar-refractivity contribution in [2.24, 2.45) is 0 Å². The lowest BCUT2D eigenvalue weighted by molar-refractivity contribution is -0.144. The molecule has 2 rings (SSSR count). The van der Waals surface area contributed by atoms with Gasteiger partial charge in [0, 0.05) is 12.2 Å². The van der Waals surface area contributed by atoms with Gasteiger partial charge in [-0.25, -0.2) is 4.79 Å². The number of rotatable bonds is 6. The van der Waals surface area contributed by atoms with Crippen LogP contribution in [0.4, 0.5) is 0 Å². The fourth-order valence-electron chi connectivity index (χ4n) is 2.63. The minimum atomic E-state index is -1.17. The van der Waals surface area contributed by atoms with E-state index in [2.05, 4.69) is 5.32 Å². The van der Waals surface area contributed by atoms with E-state index in [9.17, 15) is 14.7 Å². The Balaban J connectivity index is 2.19. The molecular formula is C15H22N2O3. The van der Waals surface area contributed by atoms with Crippen molar-refractivity contribution in [1.82, 2.24) is 9.88 Å². The molecular weight excluding hydrogens is 256 g/mol. The van der Waals surface area contributed by atoms with E-state index in [1.165, 1.54) is 6.42 Å². The quantitative estimate of drug-likeness (QED) is 0.840. The van der Waals surface area contributed by atoms with Crippen LogP contribution in [-0.4, -0.2) is 27.1 Å². The predicted octanol–water partition coefficient (Wildman–Crippen LogP) is 2.59. The standard InChI is InChI=1S/C15H22N2O3/c1-3-15(4-2,14(19)20)16-13(18)12-9-6-10-17(12)11-7-5-8-11/h6,9-11H,3-5,7-8H2,1-2H3,(H,16,18)(H,19,20). The van der Waals surface area contributed by atoms with Crippen molar-refractivity contribution < 1.29 is 14.7 Å². The van der Waals surface area contributed by atoms with Crippen LogP contribution in [0.3, 0.4) is 0 Å². The van der Waals surface area contributed by atoms with Crippen LogP contribution in [0.1, 0.15) is 62.5 Å². The number of carbonyl (C=O) groups excluding carboxylic acids is 1. The molecule has 1 saturated carbocycles. The predicted molar refractivity (Wildman–Crippen MR) is 75.7 cm³/mol. The second-order valence-corrected chi connectivity index (χ2v) is 5.43. The lowest BCUT2D eigenvalue weighted by atomic mass is 9.92. The zero-order valence-electron chi connectivity index (χ0n) is 12.1. The first-order valence-electron chi connectivity index (χ1n) is 7.27. The highest BCUT2D eigenvalue weighted by Crippen LogP contribution is 2.32. The number of carboxylic acid groups (broad SMARTS) is 1. The SMILES string of the molecule is CCC(CC)(NC(=O)c1cccn1C1CCC1)C(=O)O. The van der Waals surface area contributed by atoms with E-state index in [0.717, 1.165) is 12.8 Å². The first-order valence-corrected chi connectivity index (χ1v) is 7.27. The lowest BCUT2D eigenvalue weighted by Crippen LogP contribution is -2.54. The Kier molecular flexibility index (Phi) is 4.16. The number of carboxylic acids is 1. The third-order valence-electron chi connectivity index (χ3n) is 4.45. The van der Waals surface area contributed by atoms with Gasteiger partial charge in [0.1, 0.15) is 11.2 Å². The van der Waals surface area contributed by atoms with Gasteiger partial charge >= 0.3 is 5.97 Å². The summed E-state index contributed by atoms with van der Waals surface area (Å²) in [4.78, 5) is 23.9. The minimum Gasteiger partial charge on any atom is -0.480 e.